The Kier molecular flexibility index (Phi) is 14.4. The lowest BCUT2D eigenvalue weighted by molar-refractivity contribution is 0.00990. The number of aliphatic imine (C=N–C) groups is 1. The molecule has 1 aliphatic heterocycles. The predicted octanol–water partition coefficient (Wildman–Crippen LogP) is 4.84. The molecule has 1 aliphatic rings. The van der Waals surface area contributed by atoms with Crippen LogP contribution >= 0.6 is 24.0 Å². The maximum atomic E-state index is 5.98. The van der Waals surface area contributed by atoms with Gasteiger partial charge >= 0.3 is 0 Å². The molecule has 0 aliphatic carbocycles. The summed E-state index contributed by atoms with van der Waals surface area (Å²) in [5.41, 5.74) is 2.81. The molecule has 1 heterocycles. The molecule has 1 N–H and O–H groups in total. The molecule has 0 atom stereocenters. The van der Waals surface area contributed by atoms with Crippen LogP contribution in [0.2, 0.25) is 0 Å². The number of ether oxygens (including phenoxy) is 2. The number of hydrogen-bond donors (Lipinski definition) is 1. The van der Waals surface area contributed by atoms with Gasteiger partial charge in [0, 0.05) is 46.5 Å². The van der Waals surface area contributed by atoms with Crippen LogP contribution < -0.4 is 5.32 Å². The van der Waals surface area contributed by atoms with Crippen LogP contribution in [0.5, 0.6) is 0 Å². The molecule has 0 amide bonds. The number of nitrogens with zero attached hydrogens (tertiary/aromatic N) is 2. The van der Waals surface area contributed by atoms with E-state index in [4.69, 9.17) is 14.5 Å². The van der Waals surface area contributed by atoms with Crippen molar-refractivity contribution < 1.29 is 9.47 Å². The molecular weight excluding hydrogens is 489 g/mol. The summed E-state index contributed by atoms with van der Waals surface area (Å²) in [5, 5.41) is 3.46. The third kappa shape index (κ3) is 9.96. The average Bonchev–Trinajstić information content (AvgIpc) is 2.74. The number of benzene rings is 1. The largest absolute Gasteiger partial charge is 0.385 e. The van der Waals surface area contributed by atoms with Crippen LogP contribution in [-0.2, 0) is 15.9 Å². The minimum atomic E-state index is 0. The first-order valence-electron chi connectivity index (χ1n) is 11.4. The summed E-state index contributed by atoms with van der Waals surface area (Å²) < 4.78 is 11.1. The Morgan fingerprint density at radius 3 is 2.43 bits per heavy atom. The second-order valence-corrected chi connectivity index (χ2v) is 8.14. The fourth-order valence-corrected chi connectivity index (χ4v) is 3.65. The van der Waals surface area contributed by atoms with Gasteiger partial charge in [0.05, 0.1) is 6.10 Å². The SMILES string of the molecule is CCNC(=NCCCc1ccc(C(C)C)cc1)N1CCC(OCCCOC)CC1.I. The van der Waals surface area contributed by atoms with E-state index in [0.29, 0.717) is 12.0 Å². The number of aryl methyl sites for hydroxylation is 1. The number of methoxy groups -OCH3 is 1. The Bertz CT molecular complexity index is 585. The van der Waals surface area contributed by atoms with Crippen LogP contribution in [0.4, 0.5) is 0 Å². The summed E-state index contributed by atoms with van der Waals surface area (Å²) in [6, 6.07) is 9.05. The Balaban J connectivity index is 0.00000450. The zero-order chi connectivity index (χ0) is 20.9. The quantitative estimate of drug-likeness (QED) is 0.192. The van der Waals surface area contributed by atoms with Gasteiger partial charge in [-0.05, 0) is 56.1 Å². The standard InChI is InChI=1S/C24H41N3O2.HI/c1-5-25-24(27-16-13-23(14-17-27)29-19-7-18-28-4)26-15-6-8-21-9-11-22(12-10-21)20(2)3;/h9-12,20,23H,5-8,13-19H2,1-4H3,(H,25,26);1H. The topological polar surface area (TPSA) is 46.1 Å². The number of nitrogens with one attached hydrogen (secondary N) is 1. The Hall–Kier alpha value is -0.860. The highest BCUT2D eigenvalue weighted by atomic mass is 127. The maximum Gasteiger partial charge on any atom is 0.193 e. The lowest BCUT2D eigenvalue weighted by atomic mass is 10.0. The van der Waals surface area contributed by atoms with Crippen molar-refractivity contribution >= 4 is 29.9 Å². The van der Waals surface area contributed by atoms with Crippen molar-refractivity contribution in [2.75, 3.05) is 46.5 Å². The lowest BCUT2D eigenvalue weighted by Crippen LogP contribution is -2.47. The molecule has 0 radical (unpaired) electrons. The molecule has 0 spiro atoms. The predicted molar refractivity (Wildman–Crippen MR) is 137 cm³/mol. The summed E-state index contributed by atoms with van der Waals surface area (Å²) in [5.74, 6) is 1.65. The molecule has 1 fully saturated rings. The fourth-order valence-electron chi connectivity index (χ4n) is 3.65. The molecule has 1 aromatic carbocycles. The third-order valence-corrected chi connectivity index (χ3v) is 5.45. The molecule has 1 aromatic rings. The number of piperidine rings is 1. The van der Waals surface area contributed by atoms with E-state index < -0.39 is 0 Å². The number of halogens is 1. The highest BCUT2D eigenvalue weighted by Crippen LogP contribution is 2.16. The second-order valence-electron chi connectivity index (χ2n) is 8.14. The summed E-state index contributed by atoms with van der Waals surface area (Å²) in [7, 11) is 1.74. The van der Waals surface area contributed by atoms with E-state index in [0.717, 1.165) is 77.5 Å². The van der Waals surface area contributed by atoms with Gasteiger partial charge in [-0.1, -0.05) is 38.1 Å². The summed E-state index contributed by atoms with van der Waals surface area (Å²) >= 11 is 0. The van der Waals surface area contributed by atoms with Crippen molar-refractivity contribution in [1.29, 1.82) is 0 Å². The number of guanidine groups is 1. The van der Waals surface area contributed by atoms with E-state index in [1.165, 1.54) is 11.1 Å². The molecule has 5 nitrogen and oxygen atoms in total. The Morgan fingerprint density at radius 1 is 1.13 bits per heavy atom. The Morgan fingerprint density at radius 2 is 1.83 bits per heavy atom. The lowest BCUT2D eigenvalue weighted by Gasteiger charge is -2.34. The number of likely N-dealkylation sites (tertiary alicyclic amines) is 1. The van der Waals surface area contributed by atoms with Gasteiger partial charge < -0.3 is 19.7 Å². The summed E-state index contributed by atoms with van der Waals surface area (Å²) in [6.45, 7) is 12.0. The van der Waals surface area contributed by atoms with Crippen LogP contribution in [0.3, 0.4) is 0 Å². The molecule has 0 unspecified atom stereocenters. The zero-order valence-corrected chi connectivity index (χ0v) is 21.7. The molecule has 172 valence electrons. The van der Waals surface area contributed by atoms with Gasteiger partial charge in [-0.25, -0.2) is 0 Å². The molecular formula is C24H42IN3O2. The van der Waals surface area contributed by atoms with Gasteiger partial charge in [-0.3, -0.25) is 4.99 Å². The smallest absolute Gasteiger partial charge is 0.193 e. The second kappa shape index (κ2) is 15.9. The van der Waals surface area contributed by atoms with Crippen LogP contribution in [0.15, 0.2) is 29.3 Å². The van der Waals surface area contributed by atoms with Gasteiger partial charge in [-0.15, -0.1) is 24.0 Å². The highest BCUT2D eigenvalue weighted by Gasteiger charge is 2.21. The third-order valence-electron chi connectivity index (χ3n) is 5.45. The van der Waals surface area contributed by atoms with E-state index in [1.54, 1.807) is 7.11 Å². The van der Waals surface area contributed by atoms with E-state index in [-0.39, 0.29) is 24.0 Å². The number of hydrogen-bond acceptors (Lipinski definition) is 3. The minimum Gasteiger partial charge on any atom is -0.385 e. The Labute approximate surface area is 201 Å². The van der Waals surface area contributed by atoms with Crippen LogP contribution in [0.25, 0.3) is 0 Å². The molecule has 30 heavy (non-hydrogen) atoms. The van der Waals surface area contributed by atoms with Crippen molar-refractivity contribution in [2.24, 2.45) is 4.99 Å². The first-order valence-corrected chi connectivity index (χ1v) is 11.4. The van der Waals surface area contributed by atoms with Crippen molar-refractivity contribution in [3.8, 4) is 0 Å². The summed E-state index contributed by atoms with van der Waals surface area (Å²) in [6.07, 6.45) is 5.65. The van der Waals surface area contributed by atoms with Crippen LogP contribution in [-0.4, -0.2) is 63.5 Å². The van der Waals surface area contributed by atoms with E-state index in [2.05, 4.69) is 55.3 Å². The minimum absolute atomic E-state index is 0. The molecule has 0 saturated carbocycles. The fraction of sp³-hybridized carbons (Fsp3) is 0.708. The maximum absolute atomic E-state index is 5.98. The first kappa shape index (κ1) is 27.2. The van der Waals surface area contributed by atoms with Crippen molar-refractivity contribution in [3.63, 3.8) is 0 Å². The van der Waals surface area contributed by atoms with E-state index >= 15 is 0 Å². The van der Waals surface area contributed by atoms with E-state index in [9.17, 15) is 0 Å². The van der Waals surface area contributed by atoms with Crippen molar-refractivity contribution in [2.45, 2.75) is 64.9 Å². The molecule has 0 aromatic heterocycles. The highest BCUT2D eigenvalue weighted by molar-refractivity contribution is 14.0. The van der Waals surface area contributed by atoms with Crippen LogP contribution in [0.1, 0.15) is 63.5 Å². The summed E-state index contributed by atoms with van der Waals surface area (Å²) in [4.78, 5) is 7.27. The monoisotopic (exact) mass is 531 g/mol. The average molecular weight is 532 g/mol. The molecule has 2 rings (SSSR count). The number of rotatable bonds is 11. The van der Waals surface area contributed by atoms with E-state index in [1.807, 2.05) is 0 Å². The molecule has 1 saturated heterocycles. The van der Waals surface area contributed by atoms with Crippen molar-refractivity contribution in [3.05, 3.63) is 35.4 Å². The van der Waals surface area contributed by atoms with Gasteiger partial charge in [0.25, 0.3) is 0 Å². The van der Waals surface area contributed by atoms with Gasteiger partial charge in [-0.2, -0.15) is 0 Å². The molecule has 0 bridgehead atoms. The van der Waals surface area contributed by atoms with Crippen LogP contribution in [0, 0.1) is 0 Å². The van der Waals surface area contributed by atoms with Gasteiger partial charge in [0.15, 0.2) is 5.96 Å². The van der Waals surface area contributed by atoms with Gasteiger partial charge in [0.2, 0.25) is 0 Å². The zero-order valence-electron chi connectivity index (χ0n) is 19.4. The first-order chi connectivity index (χ1) is 14.1. The molecule has 6 heteroatoms. The normalized spacial score (nSPS) is 15.4. The van der Waals surface area contributed by atoms with Gasteiger partial charge in [0.1, 0.15) is 0 Å². The van der Waals surface area contributed by atoms with Crippen molar-refractivity contribution in [1.82, 2.24) is 10.2 Å².